The highest BCUT2D eigenvalue weighted by Crippen LogP contribution is 2.35. The zero-order valence-corrected chi connectivity index (χ0v) is 14.3. The molecule has 0 radical (unpaired) electrons. The van der Waals surface area contributed by atoms with Crippen molar-refractivity contribution < 1.29 is 14.3 Å². The number of fused-ring (bicyclic) bond motifs is 1. The highest BCUT2D eigenvalue weighted by Gasteiger charge is 2.28. The molecule has 0 fully saturated rings. The van der Waals surface area contributed by atoms with Crippen LogP contribution in [0, 0.1) is 0 Å². The van der Waals surface area contributed by atoms with Crippen molar-refractivity contribution in [2.75, 3.05) is 17.3 Å². The maximum absolute atomic E-state index is 12.2. The molecular formula is C17H15BrN2O3. The first-order valence-corrected chi connectivity index (χ1v) is 7.90. The lowest BCUT2D eigenvalue weighted by atomic mass is 10.1. The fourth-order valence-corrected chi connectivity index (χ4v) is 2.66. The third-order valence-corrected chi connectivity index (χ3v) is 4.20. The van der Waals surface area contributed by atoms with Crippen LogP contribution in [0.5, 0.6) is 5.75 Å². The van der Waals surface area contributed by atoms with Crippen LogP contribution in [-0.2, 0) is 4.79 Å². The predicted octanol–water partition coefficient (Wildman–Crippen LogP) is 3.45. The molecule has 118 valence electrons. The summed E-state index contributed by atoms with van der Waals surface area (Å²) in [6.07, 6.45) is -0.537. The first kappa shape index (κ1) is 15.6. The summed E-state index contributed by atoms with van der Waals surface area (Å²) in [6, 6.07) is 12.3. The van der Waals surface area contributed by atoms with E-state index in [9.17, 15) is 9.59 Å². The van der Waals surface area contributed by atoms with Gasteiger partial charge in [0.15, 0.2) is 6.10 Å². The van der Waals surface area contributed by atoms with E-state index < -0.39 is 6.10 Å². The minimum Gasteiger partial charge on any atom is -0.479 e. The normalized spacial score (nSPS) is 16.6. The van der Waals surface area contributed by atoms with Crippen molar-refractivity contribution in [1.29, 1.82) is 0 Å². The van der Waals surface area contributed by atoms with E-state index in [1.807, 2.05) is 12.1 Å². The number of benzene rings is 2. The molecule has 1 unspecified atom stereocenters. The third kappa shape index (κ3) is 3.07. The van der Waals surface area contributed by atoms with Gasteiger partial charge in [-0.05, 0) is 43.3 Å². The number of amides is 2. The third-order valence-electron chi connectivity index (χ3n) is 3.67. The molecule has 6 heteroatoms. The van der Waals surface area contributed by atoms with Crippen LogP contribution in [0.3, 0.4) is 0 Å². The summed E-state index contributed by atoms with van der Waals surface area (Å²) in [4.78, 5) is 25.7. The van der Waals surface area contributed by atoms with Gasteiger partial charge in [-0.3, -0.25) is 9.59 Å². The second-order valence-electron chi connectivity index (χ2n) is 5.30. The first-order chi connectivity index (χ1) is 11.0. The van der Waals surface area contributed by atoms with Crippen LogP contribution in [0.1, 0.15) is 17.3 Å². The van der Waals surface area contributed by atoms with Gasteiger partial charge >= 0.3 is 0 Å². The van der Waals surface area contributed by atoms with Gasteiger partial charge in [0.25, 0.3) is 11.8 Å². The quantitative estimate of drug-likeness (QED) is 0.875. The molecule has 23 heavy (non-hydrogen) atoms. The Hall–Kier alpha value is -2.34. The van der Waals surface area contributed by atoms with Crippen LogP contribution in [0.15, 0.2) is 46.9 Å². The van der Waals surface area contributed by atoms with Crippen molar-refractivity contribution in [3.8, 4) is 5.75 Å². The molecule has 5 nitrogen and oxygen atoms in total. The van der Waals surface area contributed by atoms with Crippen LogP contribution in [0.25, 0.3) is 0 Å². The van der Waals surface area contributed by atoms with Gasteiger partial charge in [0.1, 0.15) is 5.75 Å². The molecular weight excluding hydrogens is 360 g/mol. The highest BCUT2D eigenvalue weighted by molar-refractivity contribution is 9.10. The fourth-order valence-electron chi connectivity index (χ4n) is 2.40. The number of halogens is 1. The lowest BCUT2D eigenvalue weighted by molar-refractivity contribution is -0.125. The number of hydrogen-bond donors (Lipinski definition) is 1. The average molecular weight is 375 g/mol. The van der Waals surface area contributed by atoms with Gasteiger partial charge in [-0.25, -0.2) is 0 Å². The number of carbonyl (C=O) groups excluding carboxylic acids is 2. The van der Waals surface area contributed by atoms with Gasteiger partial charge in [-0.15, -0.1) is 0 Å². The predicted molar refractivity (Wildman–Crippen MR) is 92.0 cm³/mol. The fraction of sp³-hybridized carbons (Fsp3) is 0.176. The van der Waals surface area contributed by atoms with E-state index in [4.69, 9.17) is 4.74 Å². The van der Waals surface area contributed by atoms with E-state index in [2.05, 4.69) is 21.2 Å². The summed E-state index contributed by atoms with van der Waals surface area (Å²) in [5.74, 6) is 0.281. The molecule has 1 heterocycles. The van der Waals surface area contributed by atoms with Crippen LogP contribution in [0.4, 0.5) is 11.4 Å². The summed E-state index contributed by atoms with van der Waals surface area (Å²) in [5, 5.41) is 2.83. The number of hydrogen-bond acceptors (Lipinski definition) is 3. The molecule has 2 amide bonds. The van der Waals surface area contributed by atoms with Crippen LogP contribution in [-0.4, -0.2) is 25.0 Å². The summed E-state index contributed by atoms with van der Waals surface area (Å²) in [6.45, 7) is 1.70. The Morgan fingerprint density at radius 2 is 1.91 bits per heavy atom. The Morgan fingerprint density at radius 1 is 1.22 bits per heavy atom. The summed E-state index contributed by atoms with van der Waals surface area (Å²) in [5.41, 5.74) is 1.87. The van der Waals surface area contributed by atoms with Gasteiger partial charge in [-0.1, -0.05) is 15.9 Å². The van der Waals surface area contributed by atoms with Crippen molar-refractivity contribution in [2.45, 2.75) is 13.0 Å². The highest BCUT2D eigenvalue weighted by atomic mass is 79.9. The molecule has 3 rings (SSSR count). The lowest BCUT2D eigenvalue weighted by Crippen LogP contribution is -2.41. The minimum absolute atomic E-state index is 0.0934. The van der Waals surface area contributed by atoms with Crippen molar-refractivity contribution in [2.24, 2.45) is 0 Å². The van der Waals surface area contributed by atoms with E-state index in [0.29, 0.717) is 22.7 Å². The maximum Gasteiger partial charge on any atom is 0.267 e. The molecule has 0 spiro atoms. The Balaban J connectivity index is 1.82. The Kier molecular flexibility index (Phi) is 4.09. The molecule has 0 aliphatic carbocycles. The number of rotatable bonds is 2. The maximum atomic E-state index is 12.2. The summed E-state index contributed by atoms with van der Waals surface area (Å²) < 4.78 is 6.52. The Morgan fingerprint density at radius 3 is 2.61 bits per heavy atom. The van der Waals surface area contributed by atoms with E-state index in [1.165, 1.54) is 0 Å². The monoisotopic (exact) mass is 374 g/mol. The van der Waals surface area contributed by atoms with Crippen molar-refractivity contribution in [3.05, 3.63) is 52.5 Å². The van der Waals surface area contributed by atoms with Crippen molar-refractivity contribution in [1.82, 2.24) is 0 Å². The number of likely N-dealkylation sites (N-methyl/N-ethyl adjacent to an activating group) is 1. The van der Waals surface area contributed by atoms with Crippen molar-refractivity contribution >= 4 is 39.1 Å². The molecule has 0 aromatic heterocycles. The molecule has 2 aromatic carbocycles. The first-order valence-electron chi connectivity index (χ1n) is 7.11. The Labute approximate surface area is 142 Å². The molecule has 0 saturated carbocycles. The molecule has 0 saturated heterocycles. The molecule has 2 aromatic rings. The number of carbonyl (C=O) groups is 2. The van der Waals surface area contributed by atoms with Crippen LogP contribution < -0.4 is 15.0 Å². The van der Waals surface area contributed by atoms with E-state index >= 15 is 0 Å². The topological polar surface area (TPSA) is 58.6 Å². The second kappa shape index (κ2) is 6.04. The van der Waals surface area contributed by atoms with Gasteiger partial charge in [0.2, 0.25) is 0 Å². The van der Waals surface area contributed by atoms with E-state index in [1.54, 1.807) is 49.2 Å². The number of nitrogens with zero attached hydrogens (tertiary/aromatic N) is 1. The Bertz CT molecular complexity index is 774. The van der Waals surface area contributed by atoms with Crippen LogP contribution in [0.2, 0.25) is 0 Å². The zero-order valence-electron chi connectivity index (χ0n) is 12.7. The molecule has 1 aliphatic rings. The minimum atomic E-state index is -0.537. The molecule has 1 aliphatic heterocycles. The van der Waals surface area contributed by atoms with Crippen LogP contribution >= 0.6 is 15.9 Å². The van der Waals surface area contributed by atoms with Gasteiger partial charge < -0.3 is 15.0 Å². The smallest absolute Gasteiger partial charge is 0.267 e. The zero-order chi connectivity index (χ0) is 16.6. The molecule has 0 bridgehead atoms. The molecule has 1 atom stereocenters. The van der Waals surface area contributed by atoms with Gasteiger partial charge in [0.05, 0.1) is 5.69 Å². The number of ether oxygens (including phenoxy) is 1. The number of anilines is 2. The van der Waals surface area contributed by atoms with E-state index in [-0.39, 0.29) is 11.8 Å². The number of nitrogens with one attached hydrogen (secondary N) is 1. The summed E-state index contributed by atoms with van der Waals surface area (Å²) >= 11 is 3.34. The second-order valence-corrected chi connectivity index (χ2v) is 6.22. The van der Waals surface area contributed by atoms with Crippen molar-refractivity contribution in [3.63, 3.8) is 0 Å². The summed E-state index contributed by atoms with van der Waals surface area (Å²) in [7, 11) is 1.71. The van der Waals surface area contributed by atoms with Gasteiger partial charge in [0, 0.05) is 28.8 Å². The average Bonchev–Trinajstić information content (AvgIpc) is 2.53. The van der Waals surface area contributed by atoms with Gasteiger partial charge in [-0.2, -0.15) is 0 Å². The lowest BCUT2D eigenvalue weighted by Gasteiger charge is -2.30. The molecule has 1 N–H and O–H groups in total. The van der Waals surface area contributed by atoms with E-state index in [0.717, 1.165) is 4.47 Å². The largest absolute Gasteiger partial charge is 0.479 e. The SMILES string of the molecule is CC1Oc2cc(NC(=O)c3ccc(Br)cc3)ccc2N(C)C1=O. The standard InChI is InChI=1S/C17H15BrN2O3/c1-10-17(22)20(2)14-8-7-13(9-15(14)23-10)19-16(21)11-3-5-12(18)6-4-11/h3-10H,1-2H3,(H,19,21).